The molecule has 8 nitrogen and oxygen atoms in total. The predicted octanol–water partition coefficient (Wildman–Crippen LogP) is 3.86. The maximum atomic E-state index is 13.8. The Hall–Kier alpha value is -2.17. The van der Waals surface area contributed by atoms with E-state index in [-0.39, 0.29) is 55.2 Å². The quantitative estimate of drug-likeness (QED) is 0.270. The molecule has 2 atom stereocenters. The summed E-state index contributed by atoms with van der Waals surface area (Å²) in [6.45, 7) is 4.16. The summed E-state index contributed by atoms with van der Waals surface area (Å²) >= 11 is 0. The van der Waals surface area contributed by atoms with Crippen LogP contribution in [0.15, 0.2) is 59.5 Å². The molecule has 37 heavy (non-hydrogen) atoms. The minimum absolute atomic E-state index is 0. The van der Waals surface area contributed by atoms with Crippen molar-refractivity contribution in [2.45, 2.75) is 75.5 Å². The normalized spacial score (nSPS) is 13.9. The van der Waals surface area contributed by atoms with Gasteiger partial charge in [0.2, 0.25) is 15.9 Å². The number of methoxy groups -OCH3 is 1. The Morgan fingerprint density at radius 3 is 2.35 bits per heavy atom. The molecule has 0 saturated heterocycles. The van der Waals surface area contributed by atoms with E-state index in [4.69, 9.17) is 10.5 Å². The van der Waals surface area contributed by atoms with Crippen LogP contribution in [0, 0.1) is 0 Å². The van der Waals surface area contributed by atoms with E-state index in [1.165, 1.54) is 23.5 Å². The van der Waals surface area contributed by atoms with E-state index in [9.17, 15) is 18.3 Å². The smallest absolute Gasteiger partial charge is 0.245 e. The number of hydrogen-bond acceptors (Lipinski definition) is 6. The molecule has 0 aliphatic rings. The molecule has 0 fully saturated rings. The number of unbranched alkanes of at least 4 members (excludes halogenated alkanes) is 1. The molecule has 2 unspecified atom stereocenters. The first-order valence-corrected chi connectivity index (χ1v) is 14.0. The lowest BCUT2D eigenvalue weighted by atomic mass is 9.98. The van der Waals surface area contributed by atoms with E-state index < -0.39 is 15.7 Å². The van der Waals surface area contributed by atoms with Crippen molar-refractivity contribution in [2.24, 2.45) is 5.73 Å². The van der Waals surface area contributed by atoms with Crippen molar-refractivity contribution in [1.82, 2.24) is 9.62 Å². The van der Waals surface area contributed by atoms with Gasteiger partial charge in [-0.2, -0.15) is 4.31 Å². The second-order valence-electron chi connectivity index (χ2n) is 9.22. The summed E-state index contributed by atoms with van der Waals surface area (Å²) in [5.74, 6) is 0.399. The Labute approximate surface area is 228 Å². The fourth-order valence-electron chi connectivity index (χ4n) is 4.03. The molecule has 4 N–H and O–H groups in total. The number of aliphatic hydroxyl groups is 1. The zero-order valence-electron chi connectivity index (χ0n) is 22.1. The minimum Gasteiger partial charge on any atom is -0.497 e. The zero-order chi connectivity index (χ0) is 26.6. The van der Waals surface area contributed by atoms with E-state index >= 15 is 0 Å². The van der Waals surface area contributed by atoms with E-state index in [1.807, 2.05) is 44.2 Å². The lowest BCUT2D eigenvalue weighted by molar-refractivity contribution is -0.121. The molecule has 1 amide bonds. The van der Waals surface area contributed by atoms with Gasteiger partial charge in [-0.15, -0.1) is 12.4 Å². The van der Waals surface area contributed by atoms with Gasteiger partial charge >= 0.3 is 0 Å². The summed E-state index contributed by atoms with van der Waals surface area (Å²) in [5, 5.41) is 14.8. The first kappa shape index (κ1) is 32.9. The number of ether oxygens (including phenoxy) is 1. The molecule has 0 aromatic heterocycles. The zero-order valence-corrected chi connectivity index (χ0v) is 23.7. The average molecular weight is 556 g/mol. The third-order valence-electron chi connectivity index (χ3n) is 6.07. The molecule has 0 radical (unpaired) electrons. The highest BCUT2D eigenvalue weighted by molar-refractivity contribution is 7.89. The number of halogens is 1. The van der Waals surface area contributed by atoms with Gasteiger partial charge in [-0.3, -0.25) is 4.79 Å². The van der Waals surface area contributed by atoms with Gasteiger partial charge in [-0.25, -0.2) is 8.42 Å². The summed E-state index contributed by atoms with van der Waals surface area (Å²) in [4.78, 5) is 12.4. The van der Waals surface area contributed by atoms with Crippen molar-refractivity contribution in [1.29, 1.82) is 0 Å². The van der Waals surface area contributed by atoms with Crippen LogP contribution in [-0.2, 0) is 21.2 Å². The Balaban J connectivity index is 0.00000684. The van der Waals surface area contributed by atoms with Crippen LogP contribution in [0.3, 0.4) is 0 Å². The predicted molar refractivity (Wildman–Crippen MR) is 149 cm³/mol. The number of carbonyl (C=O) groups excluding carboxylic acids is 1. The molecule has 0 aliphatic heterocycles. The summed E-state index contributed by atoms with van der Waals surface area (Å²) in [5.41, 5.74) is 4.81. The number of nitrogens with one attached hydrogen (secondary N) is 1. The molecular weight excluding hydrogens is 514 g/mol. The fraction of sp³-hybridized carbons (Fsp3) is 0.519. The number of amides is 1. The maximum absolute atomic E-state index is 13.8. The van der Waals surface area contributed by atoms with Crippen LogP contribution < -0.4 is 15.8 Å². The van der Waals surface area contributed by atoms with Crippen LogP contribution in [0.1, 0.15) is 57.9 Å². The number of rotatable bonds is 16. The van der Waals surface area contributed by atoms with Crippen molar-refractivity contribution >= 4 is 28.3 Å². The Kier molecular flexibility index (Phi) is 14.2. The van der Waals surface area contributed by atoms with Crippen LogP contribution in [0.2, 0.25) is 0 Å². The molecular formula is C27H42ClN3O5S. The fourth-order valence-corrected chi connectivity index (χ4v) is 5.73. The average Bonchev–Trinajstić information content (AvgIpc) is 2.84. The molecule has 0 spiro atoms. The van der Waals surface area contributed by atoms with Crippen molar-refractivity contribution < 1.29 is 23.1 Å². The van der Waals surface area contributed by atoms with E-state index in [1.54, 1.807) is 12.1 Å². The van der Waals surface area contributed by atoms with Crippen LogP contribution in [0.4, 0.5) is 0 Å². The molecule has 208 valence electrons. The van der Waals surface area contributed by atoms with Crippen molar-refractivity contribution in [3.05, 3.63) is 60.2 Å². The van der Waals surface area contributed by atoms with E-state index in [2.05, 4.69) is 5.32 Å². The van der Waals surface area contributed by atoms with E-state index in [0.717, 1.165) is 18.4 Å². The molecule has 2 aromatic rings. The minimum atomic E-state index is -4.05. The number of nitrogens with zero attached hydrogens (tertiary/aromatic N) is 1. The van der Waals surface area contributed by atoms with Crippen molar-refractivity contribution in [3.8, 4) is 5.75 Å². The molecule has 0 aliphatic carbocycles. The number of nitrogens with two attached hydrogens (primary N) is 1. The highest BCUT2D eigenvalue weighted by Crippen LogP contribution is 2.30. The Morgan fingerprint density at radius 2 is 1.78 bits per heavy atom. The summed E-state index contributed by atoms with van der Waals surface area (Å²) in [7, 11) is -2.53. The Bertz CT molecular complexity index is 1040. The second-order valence-corrected chi connectivity index (χ2v) is 11.1. The lowest BCUT2D eigenvalue weighted by Crippen LogP contribution is -2.55. The van der Waals surface area contributed by atoms with Gasteiger partial charge in [0.25, 0.3) is 0 Å². The SMILES string of the molecule is CCCCN(C(O)(CCNC(=O)CCCC(C)N)Cc1ccccc1)S(=O)(=O)c1ccc(OC)cc1.Cl. The first-order valence-electron chi connectivity index (χ1n) is 12.6. The summed E-state index contributed by atoms with van der Waals surface area (Å²) in [6.07, 6.45) is 3.22. The van der Waals surface area contributed by atoms with E-state index in [0.29, 0.717) is 25.0 Å². The van der Waals surface area contributed by atoms with Crippen molar-refractivity contribution in [3.63, 3.8) is 0 Å². The summed E-state index contributed by atoms with van der Waals surface area (Å²) < 4.78 is 34.0. The molecule has 2 aromatic carbocycles. The standard InChI is InChI=1S/C27H41N3O5S.ClH/c1-4-5-20-30(36(33,34)25-16-14-24(35-3)15-17-25)27(32,21-23-11-7-6-8-12-23)18-19-29-26(31)13-9-10-22(2)28;/h6-8,11-12,14-17,22,32H,4-5,9-10,13,18-21,28H2,1-3H3,(H,29,31);1H. The molecule has 0 heterocycles. The van der Waals surface area contributed by atoms with Gasteiger partial charge in [0.05, 0.1) is 12.0 Å². The van der Waals surface area contributed by atoms with Gasteiger partial charge in [0.1, 0.15) is 11.5 Å². The van der Waals surface area contributed by atoms with Gasteiger partial charge < -0.3 is 20.9 Å². The first-order chi connectivity index (χ1) is 17.1. The number of sulfonamides is 1. The largest absolute Gasteiger partial charge is 0.497 e. The topological polar surface area (TPSA) is 122 Å². The summed E-state index contributed by atoms with van der Waals surface area (Å²) in [6, 6.07) is 15.5. The van der Waals surface area contributed by atoms with Gasteiger partial charge in [0, 0.05) is 38.4 Å². The van der Waals surface area contributed by atoms with Gasteiger partial charge in [-0.05, 0) is 56.0 Å². The maximum Gasteiger partial charge on any atom is 0.245 e. The van der Waals surface area contributed by atoms with Crippen LogP contribution >= 0.6 is 12.4 Å². The molecule has 0 saturated carbocycles. The third kappa shape index (κ3) is 10.2. The lowest BCUT2D eigenvalue weighted by Gasteiger charge is -2.39. The Morgan fingerprint density at radius 1 is 1.14 bits per heavy atom. The number of carbonyl (C=O) groups is 1. The molecule has 0 bridgehead atoms. The monoisotopic (exact) mass is 555 g/mol. The second kappa shape index (κ2) is 15.9. The van der Waals surface area contributed by atoms with Crippen LogP contribution in [0.25, 0.3) is 0 Å². The highest BCUT2D eigenvalue weighted by Gasteiger charge is 2.42. The van der Waals surface area contributed by atoms with Crippen LogP contribution in [-0.4, -0.2) is 55.7 Å². The van der Waals surface area contributed by atoms with Crippen molar-refractivity contribution in [2.75, 3.05) is 20.2 Å². The molecule has 2 rings (SSSR count). The third-order valence-corrected chi connectivity index (χ3v) is 8.04. The molecule has 10 heteroatoms. The number of benzene rings is 2. The van der Waals surface area contributed by atoms with Gasteiger partial charge in [0.15, 0.2) is 0 Å². The van der Waals surface area contributed by atoms with Crippen LogP contribution in [0.5, 0.6) is 5.75 Å². The highest BCUT2D eigenvalue weighted by atomic mass is 35.5. The van der Waals surface area contributed by atoms with Gasteiger partial charge in [-0.1, -0.05) is 43.7 Å². The number of hydrogen-bond donors (Lipinski definition) is 3.